The number of hydrogen-bond donors (Lipinski definition) is 1. The fourth-order valence-corrected chi connectivity index (χ4v) is 4.67. The molecule has 2 unspecified atom stereocenters. The van der Waals surface area contributed by atoms with Gasteiger partial charge in [-0.05, 0) is 62.3 Å². The van der Waals surface area contributed by atoms with Gasteiger partial charge in [0.05, 0.1) is 5.56 Å². The maximum absolute atomic E-state index is 12.7. The first-order valence-corrected chi connectivity index (χ1v) is 11.1. The van der Waals surface area contributed by atoms with E-state index in [-0.39, 0.29) is 29.3 Å². The Morgan fingerprint density at radius 2 is 1.73 bits per heavy atom. The number of carbonyl (C=O) groups excluding carboxylic acids is 2. The fourth-order valence-electron chi connectivity index (χ4n) is 4.67. The summed E-state index contributed by atoms with van der Waals surface area (Å²) in [6.07, 6.45) is 3.69. The van der Waals surface area contributed by atoms with Crippen LogP contribution in [0.15, 0.2) is 24.3 Å². The highest BCUT2D eigenvalue weighted by Gasteiger charge is 2.33. The minimum Gasteiger partial charge on any atom is -0.353 e. The number of halogens is 3. The molecular weight excluding hydrogens is 393 g/mol. The van der Waals surface area contributed by atoms with Crippen LogP contribution in [0.4, 0.5) is 13.2 Å². The zero-order valence-electron chi connectivity index (χ0n) is 17.5. The molecule has 1 N–H and O–H groups in total. The number of benzene rings is 1. The van der Waals surface area contributed by atoms with Crippen molar-refractivity contribution in [1.82, 2.24) is 10.2 Å². The standard InChI is InChI=1S/C23H31F3N2O2/c1-2-3-5-16-6-4-7-20(16)27-21(29)17-12-14-28(15-13-17)22(30)18-8-10-19(11-9-18)23(24,25)26/h8-11,16-17,20H,2-7,12-15H2,1H3,(H,27,29). The lowest BCUT2D eigenvalue weighted by molar-refractivity contribution is -0.137. The molecule has 1 aromatic rings. The van der Waals surface area contributed by atoms with Gasteiger partial charge in [-0.15, -0.1) is 0 Å². The molecule has 1 aromatic carbocycles. The van der Waals surface area contributed by atoms with Gasteiger partial charge in [0.25, 0.3) is 5.91 Å². The third kappa shape index (κ3) is 5.55. The number of nitrogens with one attached hydrogen (secondary N) is 1. The molecule has 166 valence electrons. The number of carbonyl (C=O) groups is 2. The first kappa shape index (κ1) is 22.6. The molecular formula is C23H31F3N2O2. The van der Waals surface area contributed by atoms with Crippen molar-refractivity contribution in [2.75, 3.05) is 13.1 Å². The van der Waals surface area contributed by atoms with Gasteiger partial charge in [-0.2, -0.15) is 13.2 Å². The van der Waals surface area contributed by atoms with Crippen LogP contribution in [0, 0.1) is 11.8 Å². The van der Waals surface area contributed by atoms with Gasteiger partial charge in [0.2, 0.25) is 5.91 Å². The summed E-state index contributed by atoms with van der Waals surface area (Å²) in [5.41, 5.74) is -0.519. The highest BCUT2D eigenvalue weighted by Crippen LogP contribution is 2.31. The van der Waals surface area contributed by atoms with E-state index in [0.29, 0.717) is 31.8 Å². The van der Waals surface area contributed by atoms with Crippen molar-refractivity contribution in [3.05, 3.63) is 35.4 Å². The minimum absolute atomic E-state index is 0.0880. The Morgan fingerprint density at radius 3 is 2.33 bits per heavy atom. The van der Waals surface area contributed by atoms with Gasteiger partial charge in [0.1, 0.15) is 0 Å². The lowest BCUT2D eigenvalue weighted by Crippen LogP contribution is -2.46. The van der Waals surface area contributed by atoms with Gasteiger partial charge < -0.3 is 10.2 Å². The molecule has 3 rings (SSSR count). The van der Waals surface area contributed by atoms with Crippen LogP contribution in [0.25, 0.3) is 0 Å². The SMILES string of the molecule is CCCCC1CCCC1NC(=O)C1CCN(C(=O)c2ccc(C(F)(F)F)cc2)CC1. The summed E-state index contributed by atoms with van der Waals surface area (Å²) in [6.45, 7) is 3.08. The van der Waals surface area contributed by atoms with Crippen LogP contribution in [0.3, 0.4) is 0 Å². The van der Waals surface area contributed by atoms with Gasteiger partial charge in [-0.3, -0.25) is 9.59 Å². The van der Waals surface area contributed by atoms with E-state index in [9.17, 15) is 22.8 Å². The van der Waals surface area contributed by atoms with Gasteiger partial charge in [0, 0.05) is 30.6 Å². The van der Waals surface area contributed by atoms with Crippen LogP contribution >= 0.6 is 0 Å². The molecule has 2 fully saturated rings. The predicted octanol–water partition coefficient (Wildman–Crippen LogP) is 5.03. The largest absolute Gasteiger partial charge is 0.416 e. The van der Waals surface area contributed by atoms with Crippen LogP contribution in [0.1, 0.15) is 74.2 Å². The van der Waals surface area contributed by atoms with Crippen LogP contribution in [-0.4, -0.2) is 35.8 Å². The highest BCUT2D eigenvalue weighted by molar-refractivity contribution is 5.94. The Kier molecular flexibility index (Phi) is 7.42. The summed E-state index contributed by atoms with van der Waals surface area (Å²) in [5, 5.41) is 3.25. The smallest absolute Gasteiger partial charge is 0.353 e. The third-order valence-corrected chi connectivity index (χ3v) is 6.53. The Morgan fingerprint density at radius 1 is 1.07 bits per heavy atom. The first-order chi connectivity index (χ1) is 14.3. The zero-order chi connectivity index (χ0) is 21.7. The van der Waals surface area contributed by atoms with Crippen molar-refractivity contribution < 1.29 is 22.8 Å². The molecule has 2 aliphatic rings. The zero-order valence-corrected chi connectivity index (χ0v) is 17.5. The van der Waals surface area contributed by atoms with Gasteiger partial charge >= 0.3 is 6.18 Å². The normalized spacial score (nSPS) is 22.9. The maximum Gasteiger partial charge on any atom is 0.416 e. The molecule has 0 aromatic heterocycles. The average Bonchev–Trinajstić information content (AvgIpc) is 3.18. The van der Waals surface area contributed by atoms with Crippen molar-refractivity contribution >= 4 is 11.8 Å². The van der Waals surface area contributed by atoms with E-state index in [1.54, 1.807) is 4.90 Å². The average molecular weight is 425 g/mol. The molecule has 1 saturated heterocycles. The van der Waals surface area contributed by atoms with E-state index >= 15 is 0 Å². The molecule has 7 heteroatoms. The topological polar surface area (TPSA) is 49.4 Å². The predicted molar refractivity (Wildman–Crippen MR) is 109 cm³/mol. The number of rotatable bonds is 6. The molecule has 1 aliphatic heterocycles. The number of nitrogens with zero attached hydrogens (tertiary/aromatic N) is 1. The number of hydrogen-bond acceptors (Lipinski definition) is 2. The van der Waals surface area contributed by atoms with Gasteiger partial charge in [0.15, 0.2) is 0 Å². The number of unbranched alkanes of at least 4 members (excludes halogenated alkanes) is 1. The molecule has 1 heterocycles. The number of amides is 2. The fraction of sp³-hybridized carbons (Fsp3) is 0.652. The Balaban J connectivity index is 1.49. The Labute approximate surface area is 176 Å². The van der Waals surface area contributed by atoms with Gasteiger partial charge in [-0.1, -0.05) is 26.2 Å². The van der Waals surface area contributed by atoms with E-state index in [4.69, 9.17) is 0 Å². The summed E-state index contributed by atoms with van der Waals surface area (Å²) in [6, 6.07) is 4.59. The quantitative estimate of drug-likeness (QED) is 0.696. The molecule has 2 atom stereocenters. The molecule has 2 amide bonds. The van der Waals surface area contributed by atoms with E-state index in [1.807, 2.05) is 0 Å². The molecule has 4 nitrogen and oxygen atoms in total. The Hall–Kier alpha value is -2.05. The van der Waals surface area contributed by atoms with Crippen LogP contribution in [-0.2, 0) is 11.0 Å². The second-order valence-electron chi connectivity index (χ2n) is 8.59. The minimum atomic E-state index is -4.41. The molecule has 1 saturated carbocycles. The molecule has 1 aliphatic carbocycles. The van der Waals surface area contributed by atoms with E-state index in [1.165, 1.54) is 44.2 Å². The van der Waals surface area contributed by atoms with Gasteiger partial charge in [-0.25, -0.2) is 0 Å². The number of piperidine rings is 1. The summed E-state index contributed by atoms with van der Waals surface area (Å²) in [5.74, 6) is 0.285. The summed E-state index contributed by atoms with van der Waals surface area (Å²) >= 11 is 0. The van der Waals surface area contributed by atoms with Crippen LogP contribution in [0.5, 0.6) is 0 Å². The molecule has 0 spiro atoms. The second kappa shape index (κ2) is 9.84. The molecule has 30 heavy (non-hydrogen) atoms. The van der Waals surface area contributed by atoms with Crippen molar-refractivity contribution in [2.45, 2.75) is 70.5 Å². The highest BCUT2D eigenvalue weighted by atomic mass is 19.4. The summed E-state index contributed by atoms with van der Waals surface area (Å²) in [4.78, 5) is 27.0. The second-order valence-corrected chi connectivity index (χ2v) is 8.59. The van der Waals surface area contributed by atoms with Crippen molar-refractivity contribution in [1.29, 1.82) is 0 Å². The van der Waals surface area contributed by atoms with Crippen molar-refractivity contribution in [3.63, 3.8) is 0 Å². The van der Waals surface area contributed by atoms with E-state index < -0.39 is 11.7 Å². The van der Waals surface area contributed by atoms with Crippen molar-refractivity contribution in [2.24, 2.45) is 11.8 Å². The van der Waals surface area contributed by atoms with E-state index in [0.717, 1.165) is 18.6 Å². The Bertz CT molecular complexity index is 725. The molecule has 0 bridgehead atoms. The lowest BCUT2D eigenvalue weighted by atomic mass is 9.93. The molecule has 0 radical (unpaired) electrons. The number of alkyl halides is 3. The summed E-state index contributed by atoms with van der Waals surface area (Å²) in [7, 11) is 0. The lowest BCUT2D eigenvalue weighted by Gasteiger charge is -2.32. The summed E-state index contributed by atoms with van der Waals surface area (Å²) < 4.78 is 38.1. The number of likely N-dealkylation sites (tertiary alicyclic amines) is 1. The maximum atomic E-state index is 12.7. The van der Waals surface area contributed by atoms with E-state index in [2.05, 4.69) is 12.2 Å². The monoisotopic (exact) mass is 424 g/mol. The first-order valence-electron chi connectivity index (χ1n) is 11.1. The van der Waals surface area contributed by atoms with Crippen LogP contribution in [0.2, 0.25) is 0 Å². The van der Waals surface area contributed by atoms with Crippen molar-refractivity contribution in [3.8, 4) is 0 Å². The van der Waals surface area contributed by atoms with Crippen LogP contribution < -0.4 is 5.32 Å². The third-order valence-electron chi connectivity index (χ3n) is 6.53.